The zero-order chi connectivity index (χ0) is 6.81. The topological polar surface area (TPSA) is 24.4 Å². The lowest BCUT2D eigenvalue weighted by molar-refractivity contribution is 0.646. The zero-order valence-corrected chi connectivity index (χ0v) is 6.06. The van der Waals surface area contributed by atoms with Crippen molar-refractivity contribution >= 4 is 6.21 Å². The van der Waals surface area contributed by atoms with Gasteiger partial charge in [0.05, 0.1) is 5.70 Å². The summed E-state index contributed by atoms with van der Waals surface area (Å²) in [5.74, 6) is 0. The van der Waals surface area contributed by atoms with Gasteiger partial charge in [0.25, 0.3) is 0 Å². The van der Waals surface area contributed by atoms with Crippen molar-refractivity contribution in [1.29, 1.82) is 0 Å². The van der Waals surface area contributed by atoms with Gasteiger partial charge in [0.2, 0.25) is 0 Å². The van der Waals surface area contributed by atoms with Gasteiger partial charge in [-0.1, -0.05) is 0 Å². The molecule has 0 bridgehead atoms. The van der Waals surface area contributed by atoms with Crippen LogP contribution in [0.2, 0.25) is 0 Å². The Bertz CT molecular complexity index is 191. The largest absolute Gasteiger partial charge is 0.311 e. The number of nitrogens with zero attached hydrogens (tertiary/aromatic N) is 1. The molecule has 2 rings (SSSR count). The van der Waals surface area contributed by atoms with Crippen LogP contribution in [0.3, 0.4) is 0 Å². The lowest BCUT2D eigenvalue weighted by atomic mass is 10.00. The molecule has 0 saturated carbocycles. The maximum atomic E-state index is 4.34. The van der Waals surface area contributed by atoms with Crippen molar-refractivity contribution in [2.45, 2.75) is 19.3 Å². The van der Waals surface area contributed by atoms with Gasteiger partial charge >= 0.3 is 0 Å². The summed E-state index contributed by atoms with van der Waals surface area (Å²) < 4.78 is 0. The Morgan fingerprint density at radius 3 is 3.30 bits per heavy atom. The van der Waals surface area contributed by atoms with Crippen LogP contribution in [0.4, 0.5) is 0 Å². The third kappa shape index (κ3) is 0.991. The molecule has 0 aliphatic carbocycles. The lowest BCUT2D eigenvalue weighted by Gasteiger charge is -2.20. The second-order valence-electron chi connectivity index (χ2n) is 2.83. The summed E-state index contributed by atoms with van der Waals surface area (Å²) in [5.41, 5.74) is 2.89. The summed E-state index contributed by atoms with van der Waals surface area (Å²) in [6.45, 7) is 2.14. The molecule has 2 nitrogen and oxygen atoms in total. The molecule has 0 saturated heterocycles. The molecular formula is C8H12N2. The van der Waals surface area contributed by atoms with E-state index >= 15 is 0 Å². The van der Waals surface area contributed by atoms with Crippen molar-refractivity contribution < 1.29 is 0 Å². The van der Waals surface area contributed by atoms with E-state index in [1.54, 1.807) is 5.57 Å². The van der Waals surface area contributed by atoms with Gasteiger partial charge in [0, 0.05) is 12.8 Å². The number of aliphatic imine (C=N–C) groups is 1. The predicted octanol–water partition coefficient (Wildman–Crippen LogP) is 1.10. The van der Waals surface area contributed by atoms with Crippen LogP contribution >= 0.6 is 0 Å². The van der Waals surface area contributed by atoms with Gasteiger partial charge in [-0.25, -0.2) is 0 Å². The molecule has 54 valence electrons. The maximum Gasteiger partial charge on any atom is 0.0530 e. The van der Waals surface area contributed by atoms with E-state index in [1.165, 1.54) is 18.5 Å². The molecule has 2 aliphatic heterocycles. The van der Waals surface area contributed by atoms with Gasteiger partial charge in [-0.2, -0.15) is 0 Å². The van der Waals surface area contributed by atoms with Crippen LogP contribution in [0, 0.1) is 0 Å². The number of hydrogen-bond acceptors (Lipinski definition) is 2. The first-order valence-electron chi connectivity index (χ1n) is 3.91. The van der Waals surface area contributed by atoms with E-state index < -0.39 is 0 Å². The van der Waals surface area contributed by atoms with Gasteiger partial charge in [0.1, 0.15) is 0 Å². The molecule has 0 aromatic rings. The van der Waals surface area contributed by atoms with Gasteiger partial charge < -0.3 is 5.32 Å². The first-order valence-corrected chi connectivity index (χ1v) is 3.91. The summed E-state index contributed by atoms with van der Waals surface area (Å²) >= 11 is 0. The van der Waals surface area contributed by atoms with E-state index in [9.17, 15) is 0 Å². The molecular weight excluding hydrogens is 124 g/mol. The number of hydrogen-bond donors (Lipinski definition) is 1. The highest BCUT2D eigenvalue weighted by Gasteiger charge is 2.12. The van der Waals surface area contributed by atoms with Crippen molar-refractivity contribution in [3.05, 3.63) is 11.3 Å². The van der Waals surface area contributed by atoms with Crippen LogP contribution in [-0.4, -0.2) is 19.3 Å². The molecule has 0 aromatic heterocycles. The van der Waals surface area contributed by atoms with E-state index in [4.69, 9.17) is 0 Å². The van der Waals surface area contributed by atoms with Gasteiger partial charge in [0.15, 0.2) is 0 Å². The third-order valence-corrected chi connectivity index (χ3v) is 2.13. The van der Waals surface area contributed by atoms with E-state index in [0.717, 1.165) is 19.5 Å². The Morgan fingerprint density at radius 2 is 2.40 bits per heavy atom. The molecule has 0 fully saturated rings. The van der Waals surface area contributed by atoms with Crippen LogP contribution < -0.4 is 5.32 Å². The van der Waals surface area contributed by atoms with Crippen LogP contribution in [0.25, 0.3) is 0 Å². The van der Waals surface area contributed by atoms with Gasteiger partial charge in [-0.15, -0.1) is 0 Å². The van der Waals surface area contributed by atoms with Crippen molar-refractivity contribution in [3.8, 4) is 0 Å². The standard InChI is InChI=1S/C8H12N2/c1-2-7-3-5-9-6-8(7)10-4-1/h4,9H,1-3,5-6H2. The zero-order valence-electron chi connectivity index (χ0n) is 6.06. The van der Waals surface area contributed by atoms with Gasteiger partial charge in [-0.05, 0) is 31.4 Å². The first-order chi connectivity index (χ1) is 4.97. The lowest BCUT2D eigenvalue weighted by Crippen LogP contribution is -2.25. The normalized spacial score (nSPS) is 24.8. The Balaban J connectivity index is 2.23. The highest BCUT2D eigenvalue weighted by atomic mass is 14.9. The summed E-state index contributed by atoms with van der Waals surface area (Å²) in [7, 11) is 0. The minimum absolute atomic E-state index is 0.992. The monoisotopic (exact) mass is 136 g/mol. The molecule has 2 aliphatic rings. The second kappa shape index (κ2) is 2.54. The molecule has 0 unspecified atom stereocenters. The van der Waals surface area contributed by atoms with Crippen molar-refractivity contribution in [2.24, 2.45) is 4.99 Å². The van der Waals surface area contributed by atoms with Crippen LogP contribution in [0.15, 0.2) is 16.3 Å². The molecule has 0 atom stereocenters. The average Bonchev–Trinajstić information content (AvgIpc) is 2.05. The molecule has 10 heavy (non-hydrogen) atoms. The van der Waals surface area contributed by atoms with Gasteiger partial charge in [-0.3, -0.25) is 4.99 Å². The second-order valence-corrected chi connectivity index (χ2v) is 2.83. The summed E-state index contributed by atoms with van der Waals surface area (Å²) in [4.78, 5) is 4.34. The molecule has 1 N–H and O–H groups in total. The predicted molar refractivity (Wildman–Crippen MR) is 42.2 cm³/mol. The smallest absolute Gasteiger partial charge is 0.0530 e. The maximum absolute atomic E-state index is 4.34. The first kappa shape index (κ1) is 6.10. The molecule has 0 aromatic carbocycles. The Labute approximate surface area is 61.0 Å². The fourth-order valence-corrected chi connectivity index (χ4v) is 1.54. The number of rotatable bonds is 0. The fraction of sp³-hybridized carbons (Fsp3) is 0.625. The Kier molecular flexibility index (Phi) is 1.55. The molecule has 0 radical (unpaired) electrons. The fourth-order valence-electron chi connectivity index (χ4n) is 1.54. The summed E-state index contributed by atoms with van der Waals surface area (Å²) in [6, 6.07) is 0. The molecule has 0 amide bonds. The van der Waals surface area contributed by atoms with E-state index in [0.29, 0.717) is 0 Å². The highest BCUT2D eigenvalue weighted by Crippen LogP contribution is 2.21. The molecule has 2 heterocycles. The highest BCUT2D eigenvalue weighted by molar-refractivity contribution is 5.61. The van der Waals surface area contributed by atoms with E-state index in [1.807, 2.05) is 6.21 Å². The van der Waals surface area contributed by atoms with Crippen molar-refractivity contribution in [1.82, 2.24) is 5.32 Å². The SMILES string of the molecule is C1=NC2=C(CC1)CCNC2. The quantitative estimate of drug-likeness (QED) is 0.530. The van der Waals surface area contributed by atoms with Crippen LogP contribution in [0.1, 0.15) is 19.3 Å². The summed E-state index contributed by atoms with van der Waals surface area (Å²) in [6.07, 6.45) is 5.65. The minimum Gasteiger partial charge on any atom is -0.311 e. The van der Waals surface area contributed by atoms with E-state index in [2.05, 4.69) is 10.3 Å². The molecule has 0 spiro atoms. The average molecular weight is 136 g/mol. The minimum atomic E-state index is 0.992. The Hall–Kier alpha value is -0.630. The Morgan fingerprint density at radius 1 is 1.40 bits per heavy atom. The van der Waals surface area contributed by atoms with Crippen molar-refractivity contribution in [3.63, 3.8) is 0 Å². The van der Waals surface area contributed by atoms with Crippen LogP contribution in [-0.2, 0) is 0 Å². The van der Waals surface area contributed by atoms with Crippen LogP contribution in [0.5, 0.6) is 0 Å². The molecule has 2 heteroatoms. The van der Waals surface area contributed by atoms with Crippen molar-refractivity contribution in [2.75, 3.05) is 13.1 Å². The summed E-state index contributed by atoms with van der Waals surface area (Å²) in [5, 5.41) is 3.31. The number of nitrogens with one attached hydrogen (secondary N) is 1. The third-order valence-electron chi connectivity index (χ3n) is 2.13. The van der Waals surface area contributed by atoms with E-state index in [-0.39, 0.29) is 0 Å².